The Morgan fingerprint density at radius 1 is 1.43 bits per heavy atom. The molecule has 114 valence electrons. The number of hydrogen-bond donors (Lipinski definition) is 1. The summed E-state index contributed by atoms with van der Waals surface area (Å²) in [6.45, 7) is 3.16. The Bertz CT molecular complexity index is 545. The van der Waals surface area contributed by atoms with Crippen molar-refractivity contribution in [3.8, 4) is 0 Å². The van der Waals surface area contributed by atoms with Gasteiger partial charge in [0, 0.05) is 24.7 Å². The number of benzene rings is 1. The first kappa shape index (κ1) is 14.3. The standard InChI is InChI=1S/C16H21FN2O2/c1-10-7-12(9-19(10)13-4-5-13)18-15-8-11(16(20)21-2)3-6-14(15)17/h3,6,8,10,12-13,18H,4-5,7,9H2,1-2H3. The predicted molar refractivity (Wildman–Crippen MR) is 79.0 cm³/mol. The number of anilines is 1. The van der Waals surface area contributed by atoms with Gasteiger partial charge in [-0.25, -0.2) is 9.18 Å². The molecule has 0 aromatic heterocycles. The molecule has 0 bridgehead atoms. The number of likely N-dealkylation sites (tertiary alicyclic amines) is 1. The van der Waals surface area contributed by atoms with Crippen LogP contribution >= 0.6 is 0 Å². The molecule has 0 amide bonds. The van der Waals surface area contributed by atoms with E-state index in [0.29, 0.717) is 17.3 Å². The highest BCUT2D eigenvalue weighted by atomic mass is 19.1. The van der Waals surface area contributed by atoms with E-state index in [4.69, 9.17) is 0 Å². The van der Waals surface area contributed by atoms with Gasteiger partial charge in [0.25, 0.3) is 0 Å². The molecule has 3 rings (SSSR count). The van der Waals surface area contributed by atoms with Gasteiger partial charge in [0.15, 0.2) is 0 Å². The van der Waals surface area contributed by atoms with Crippen LogP contribution in [0.25, 0.3) is 0 Å². The Morgan fingerprint density at radius 3 is 2.86 bits per heavy atom. The fraction of sp³-hybridized carbons (Fsp3) is 0.562. The molecule has 1 aliphatic heterocycles. The second-order valence-electron chi connectivity index (χ2n) is 6.04. The summed E-state index contributed by atoms with van der Waals surface area (Å²) in [5, 5.41) is 3.25. The van der Waals surface area contributed by atoms with Crippen LogP contribution in [0.5, 0.6) is 0 Å². The third-order valence-electron chi connectivity index (χ3n) is 4.39. The molecular weight excluding hydrogens is 271 g/mol. The summed E-state index contributed by atoms with van der Waals surface area (Å²) in [4.78, 5) is 14.0. The molecule has 5 heteroatoms. The summed E-state index contributed by atoms with van der Waals surface area (Å²) < 4.78 is 18.6. The number of nitrogens with one attached hydrogen (secondary N) is 1. The van der Waals surface area contributed by atoms with Gasteiger partial charge in [-0.1, -0.05) is 0 Å². The lowest BCUT2D eigenvalue weighted by Crippen LogP contribution is -2.31. The van der Waals surface area contributed by atoms with E-state index >= 15 is 0 Å². The minimum atomic E-state index is -0.447. The van der Waals surface area contributed by atoms with E-state index in [-0.39, 0.29) is 11.9 Å². The highest BCUT2D eigenvalue weighted by Gasteiger charge is 2.38. The zero-order chi connectivity index (χ0) is 15.0. The molecule has 2 unspecified atom stereocenters. The molecule has 2 atom stereocenters. The highest BCUT2D eigenvalue weighted by molar-refractivity contribution is 5.90. The van der Waals surface area contributed by atoms with E-state index in [9.17, 15) is 9.18 Å². The summed E-state index contributed by atoms with van der Waals surface area (Å²) in [5.41, 5.74) is 0.749. The smallest absolute Gasteiger partial charge is 0.337 e. The lowest BCUT2D eigenvalue weighted by atomic mass is 10.1. The monoisotopic (exact) mass is 292 g/mol. The fourth-order valence-electron chi connectivity index (χ4n) is 3.18. The SMILES string of the molecule is COC(=O)c1ccc(F)c(NC2CC(C)N(C3CC3)C2)c1. The van der Waals surface area contributed by atoms with Gasteiger partial charge in [-0.3, -0.25) is 4.90 Å². The van der Waals surface area contributed by atoms with Crippen LogP contribution in [0.3, 0.4) is 0 Å². The molecule has 0 radical (unpaired) electrons. The molecule has 2 fully saturated rings. The molecule has 1 saturated heterocycles. The van der Waals surface area contributed by atoms with Crippen LogP contribution in [0.1, 0.15) is 36.5 Å². The molecule has 1 N–H and O–H groups in total. The molecule has 1 aromatic carbocycles. The largest absolute Gasteiger partial charge is 0.465 e. The van der Waals surface area contributed by atoms with Crippen molar-refractivity contribution in [1.29, 1.82) is 0 Å². The topological polar surface area (TPSA) is 41.6 Å². The van der Waals surface area contributed by atoms with Crippen molar-refractivity contribution in [2.45, 2.75) is 44.3 Å². The first-order valence-corrected chi connectivity index (χ1v) is 7.48. The van der Waals surface area contributed by atoms with E-state index in [1.807, 2.05) is 0 Å². The van der Waals surface area contributed by atoms with E-state index in [1.54, 1.807) is 0 Å². The number of nitrogens with zero attached hydrogens (tertiary/aromatic N) is 1. The number of halogens is 1. The van der Waals surface area contributed by atoms with Crippen LogP contribution in [0.2, 0.25) is 0 Å². The zero-order valence-electron chi connectivity index (χ0n) is 12.4. The Hall–Kier alpha value is -1.62. The van der Waals surface area contributed by atoms with Crippen LogP contribution in [-0.2, 0) is 4.74 Å². The highest BCUT2D eigenvalue weighted by Crippen LogP contribution is 2.34. The van der Waals surface area contributed by atoms with Gasteiger partial charge in [0.1, 0.15) is 5.82 Å². The number of methoxy groups -OCH3 is 1. The summed E-state index contributed by atoms with van der Waals surface area (Å²) in [6, 6.07) is 5.76. The Labute approximate surface area is 124 Å². The van der Waals surface area contributed by atoms with Crippen molar-refractivity contribution in [3.63, 3.8) is 0 Å². The van der Waals surface area contributed by atoms with Crippen molar-refractivity contribution >= 4 is 11.7 Å². The van der Waals surface area contributed by atoms with Crippen molar-refractivity contribution in [2.75, 3.05) is 19.0 Å². The maximum absolute atomic E-state index is 13.9. The normalized spacial score (nSPS) is 25.9. The van der Waals surface area contributed by atoms with E-state index < -0.39 is 5.97 Å². The third-order valence-corrected chi connectivity index (χ3v) is 4.39. The Kier molecular flexibility index (Phi) is 3.85. The minimum Gasteiger partial charge on any atom is -0.465 e. The van der Waals surface area contributed by atoms with Crippen molar-refractivity contribution in [3.05, 3.63) is 29.6 Å². The fourth-order valence-corrected chi connectivity index (χ4v) is 3.18. The molecule has 1 aromatic rings. The molecule has 4 nitrogen and oxygen atoms in total. The van der Waals surface area contributed by atoms with Gasteiger partial charge in [0.2, 0.25) is 0 Å². The van der Waals surface area contributed by atoms with E-state index in [1.165, 1.54) is 38.2 Å². The lowest BCUT2D eigenvalue weighted by molar-refractivity contribution is 0.0600. The minimum absolute atomic E-state index is 0.225. The molecule has 21 heavy (non-hydrogen) atoms. The average molecular weight is 292 g/mol. The number of ether oxygens (including phenoxy) is 1. The maximum atomic E-state index is 13.9. The van der Waals surface area contributed by atoms with Crippen LogP contribution < -0.4 is 5.32 Å². The summed E-state index contributed by atoms with van der Waals surface area (Å²) in [5.74, 6) is -0.780. The average Bonchev–Trinajstić information content (AvgIpc) is 3.25. The van der Waals surface area contributed by atoms with Crippen LogP contribution in [0, 0.1) is 5.82 Å². The van der Waals surface area contributed by atoms with Crippen LogP contribution in [0.4, 0.5) is 10.1 Å². The van der Waals surface area contributed by atoms with Gasteiger partial charge < -0.3 is 10.1 Å². The number of esters is 1. The number of carbonyl (C=O) groups is 1. The first-order chi connectivity index (χ1) is 10.1. The van der Waals surface area contributed by atoms with Crippen LogP contribution in [0.15, 0.2) is 18.2 Å². The van der Waals surface area contributed by atoms with Gasteiger partial charge in [-0.05, 0) is 44.4 Å². The van der Waals surface area contributed by atoms with Crippen molar-refractivity contribution in [1.82, 2.24) is 4.90 Å². The summed E-state index contributed by atoms with van der Waals surface area (Å²) in [7, 11) is 1.32. The molecule has 1 heterocycles. The quantitative estimate of drug-likeness (QED) is 0.866. The van der Waals surface area contributed by atoms with Crippen molar-refractivity contribution in [2.24, 2.45) is 0 Å². The van der Waals surface area contributed by atoms with Gasteiger partial charge in [0.05, 0.1) is 18.4 Å². The molecule has 1 saturated carbocycles. The number of rotatable bonds is 4. The zero-order valence-corrected chi connectivity index (χ0v) is 12.4. The number of hydrogen-bond acceptors (Lipinski definition) is 4. The lowest BCUT2D eigenvalue weighted by Gasteiger charge is -2.20. The number of carbonyl (C=O) groups excluding carboxylic acids is 1. The first-order valence-electron chi connectivity index (χ1n) is 7.48. The summed E-state index contributed by atoms with van der Waals surface area (Å²) >= 11 is 0. The molecule has 1 aliphatic carbocycles. The van der Waals surface area contributed by atoms with Gasteiger partial charge in [-0.15, -0.1) is 0 Å². The predicted octanol–water partition coefficient (Wildman–Crippen LogP) is 2.65. The van der Waals surface area contributed by atoms with Gasteiger partial charge >= 0.3 is 5.97 Å². The Morgan fingerprint density at radius 2 is 2.19 bits per heavy atom. The second-order valence-corrected chi connectivity index (χ2v) is 6.04. The Balaban J connectivity index is 1.71. The maximum Gasteiger partial charge on any atom is 0.337 e. The van der Waals surface area contributed by atoms with E-state index in [2.05, 4.69) is 21.9 Å². The van der Waals surface area contributed by atoms with Crippen molar-refractivity contribution < 1.29 is 13.9 Å². The van der Waals surface area contributed by atoms with Gasteiger partial charge in [-0.2, -0.15) is 0 Å². The van der Waals surface area contributed by atoms with E-state index in [0.717, 1.165) is 19.0 Å². The molecular formula is C16H21FN2O2. The second kappa shape index (κ2) is 5.64. The molecule has 2 aliphatic rings. The molecule has 0 spiro atoms. The summed E-state index contributed by atoms with van der Waals surface area (Å²) in [6.07, 6.45) is 3.56. The van der Waals surface area contributed by atoms with Crippen LogP contribution in [-0.4, -0.2) is 42.6 Å². The third kappa shape index (κ3) is 3.02.